The molecule has 334 valence electrons. The Bertz CT molecular complexity index is 3320. The lowest BCUT2D eigenvalue weighted by molar-refractivity contribution is -0.432. The van der Waals surface area contributed by atoms with Crippen LogP contribution in [0.5, 0.6) is 11.5 Å². The molecule has 0 bridgehead atoms. The first kappa shape index (κ1) is 47.1. The molecule has 0 aliphatic heterocycles. The maximum absolute atomic E-state index is 12.7. The Labute approximate surface area is 364 Å². The number of anilines is 1. The van der Waals surface area contributed by atoms with Gasteiger partial charge in [0.25, 0.3) is 36.0 Å². The third-order valence-electron chi connectivity index (χ3n) is 8.29. The van der Waals surface area contributed by atoms with Gasteiger partial charge in [0.2, 0.25) is 0 Å². The maximum Gasteiger partial charge on any atom is 0.297 e. The molecule has 64 heavy (non-hydrogen) atoms. The number of azo groups is 3. The molecule has 0 aliphatic rings. The highest BCUT2D eigenvalue weighted by Gasteiger charge is 2.27. The van der Waals surface area contributed by atoms with E-state index in [1.54, 1.807) is 6.07 Å². The van der Waals surface area contributed by atoms with E-state index in [0.717, 1.165) is 36.4 Å². The van der Waals surface area contributed by atoms with E-state index < -0.39 is 101 Å². The number of nitro benzene ring substituents is 1. The quantitative estimate of drug-likeness (QED) is 0.00854. The Morgan fingerprint density at radius 2 is 1.17 bits per heavy atom. The fraction of sp³-hybridized carbons (Fsp3) is 0. The molecule has 0 radical (unpaired) electrons. The molecule has 27 nitrogen and oxygen atoms in total. The van der Waals surface area contributed by atoms with Crippen molar-refractivity contribution >= 4 is 121 Å². The maximum atomic E-state index is 12.7. The number of benzene rings is 6. The molecule has 0 heterocycles. The van der Waals surface area contributed by atoms with E-state index in [9.17, 15) is 59.2 Å². The van der Waals surface area contributed by atoms with E-state index in [1.807, 2.05) is 0 Å². The van der Waals surface area contributed by atoms with Crippen LogP contribution in [0.15, 0.2) is 134 Å². The molecule has 0 atom stereocenters. The zero-order valence-corrected chi connectivity index (χ0v) is 34.9. The second-order valence-corrected chi connectivity index (χ2v) is 17.8. The van der Waals surface area contributed by atoms with Crippen molar-refractivity contribution < 1.29 is 83.3 Å². The molecule has 6 aromatic rings. The summed E-state index contributed by atoms with van der Waals surface area (Å²) in [6, 6.07) is 14.2. The molecular formula is C32H22N8O19S5. The van der Waals surface area contributed by atoms with Crippen LogP contribution in [0.4, 0.5) is 45.5 Å². The van der Waals surface area contributed by atoms with Gasteiger partial charge in [0, 0.05) is 17.5 Å². The Hall–Kier alpha value is -6.37. The lowest BCUT2D eigenvalue weighted by Gasteiger charge is -2.14. The van der Waals surface area contributed by atoms with Gasteiger partial charge in [0.05, 0.1) is 55.6 Å². The summed E-state index contributed by atoms with van der Waals surface area (Å²) < 4.78 is 113. The van der Waals surface area contributed by atoms with Gasteiger partial charge >= 0.3 is 0 Å². The highest BCUT2D eigenvalue weighted by atomic mass is 32.2. The van der Waals surface area contributed by atoms with E-state index in [4.69, 9.17) is 16.2 Å². The van der Waals surface area contributed by atoms with Gasteiger partial charge in [-0.25, -0.2) is 10.5 Å². The van der Waals surface area contributed by atoms with Gasteiger partial charge in [-0.15, -0.1) is 34.2 Å². The summed E-state index contributed by atoms with van der Waals surface area (Å²) in [4.78, 5) is 7.18. The monoisotopic (exact) mass is 982 g/mol. The molecule has 0 unspecified atom stereocenters. The fourth-order valence-electron chi connectivity index (χ4n) is 5.59. The van der Waals surface area contributed by atoms with Gasteiger partial charge in [-0.3, -0.25) is 23.8 Å². The number of nitrogen functional groups attached to an aromatic ring is 1. The molecule has 0 spiro atoms. The van der Waals surface area contributed by atoms with Crippen LogP contribution in [0.1, 0.15) is 0 Å². The number of hydrogen-bond donors (Lipinski definition) is 8. The van der Waals surface area contributed by atoms with Crippen LogP contribution < -0.4 is 5.73 Å². The summed E-state index contributed by atoms with van der Waals surface area (Å²) in [6.07, 6.45) is 0. The summed E-state index contributed by atoms with van der Waals surface area (Å²) in [5.41, 5.74) is 1.81. The SMILES string of the molecule is Nc1c(N=Nc2ccc3cc(S(=O)(=O)O)c(N=Nc4ccccc4SOOO)c(O)c3c2)c(S(=O)(=O)O)cc2cc(SOOO)c(N=Nc3ccc([N+](=O)[O-])cc3S(=O)(=O)O)c(O)c12. The Balaban J connectivity index is 1.50. The van der Waals surface area contributed by atoms with Crippen molar-refractivity contribution in [1.82, 2.24) is 0 Å². The lowest BCUT2D eigenvalue weighted by atomic mass is 10.1. The van der Waals surface area contributed by atoms with Crippen molar-refractivity contribution in [3.63, 3.8) is 0 Å². The molecule has 6 rings (SSSR count). The summed E-state index contributed by atoms with van der Waals surface area (Å²) >= 11 is 0.622. The molecule has 9 N–H and O–H groups in total. The number of non-ortho nitro benzene ring substituents is 1. The van der Waals surface area contributed by atoms with Gasteiger partial charge in [-0.2, -0.15) is 30.4 Å². The van der Waals surface area contributed by atoms with Crippen LogP contribution in [-0.4, -0.2) is 64.6 Å². The summed E-state index contributed by atoms with van der Waals surface area (Å²) in [5, 5.41) is 80.6. The van der Waals surface area contributed by atoms with Crippen LogP contribution in [0.2, 0.25) is 0 Å². The smallest absolute Gasteiger partial charge is 0.297 e. The highest BCUT2D eigenvalue weighted by molar-refractivity contribution is 7.95. The van der Waals surface area contributed by atoms with E-state index in [0.29, 0.717) is 18.1 Å². The molecule has 0 saturated heterocycles. The zero-order valence-electron chi connectivity index (χ0n) is 30.8. The van der Waals surface area contributed by atoms with Gasteiger partial charge in [0.15, 0.2) is 11.5 Å². The minimum Gasteiger partial charge on any atom is -0.505 e. The summed E-state index contributed by atoms with van der Waals surface area (Å²) in [5.74, 6) is -1.82. The first-order chi connectivity index (χ1) is 30.1. The zero-order chi connectivity index (χ0) is 46.7. The summed E-state index contributed by atoms with van der Waals surface area (Å²) in [7, 11) is -15.5. The molecule has 0 fully saturated rings. The third kappa shape index (κ3) is 10.2. The van der Waals surface area contributed by atoms with Gasteiger partial charge < -0.3 is 15.9 Å². The lowest BCUT2D eigenvalue weighted by Crippen LogP contribution is -2.02. The Morgan fingerprint density at radius 3 is 1.81 bits per heavy atom. The molecule has 0 amide bonds. The van der Waals surface area contributed by atoms with Gasteiger partial charge in [0.1, 0.15) is 43.1 Å². The number of nitro groups is 1. The van der Waals surface area contributed by atoms with Crippen LogP contribution in [0, 0.1) is 10.1 Å². The largest absolute Gasteiger partial charge is 0.505 e. The highest BCUT2D eigenvalue weighted by Crippen LogP contribution is 2.50. The van der Waals surface area contributed by atoms with Crippen molar-refractivity contribution in [1.29, 1.82) is 0 Å². The van der Waals surface area contributed by atoms with Crippen LogP contribution in [0.3, 0.4) is 0 Å². The average molecular weight is 983 g/mol. The number of phenols is 2. The first-order valence-electron chi connectivity index (χ1n) is 16.4. The van der Waals surface area contributed by atoms with Crippen LogP contribution in [-0.2, 0) is 49.1 Å². The van der Waals surface area contributed by atoms with Crippen molar-refractivity contribution in [2.24, 2.45) is 30.7 Å². The van der Waals surface area contributed by atoms with E-state index in [2.05, 4.69) is 49.4 Å². The molecule has 6 aromatic carbocycles. The fourth-order valence-corrected chi connectivity index (χ4v) is 8.49. The number of fused-ring (bicyclic) bond motifs is 2. The second kappa shape index (κ2) is 18.8. The molecule has 32 heteroatoms. The predicted molar refractivity (Wildman–Crippen MR) is 218 cm³/mol. The van der Waals surface area contributed by atoms with Crippen molar-refractivity contribution in [2.75, 3.05) is 5.73 Å². The Morgan fingerprint density at radius 1 is 0.594 bits per heavy atom. The van der Waals surface area contributed by atoms with Crippen molar-refractivity contribution in [3.05, 3.63) is 89.0 Å². The van der Waals surface area contributed by atoms with Gasteiger partial charge in [-0.05, 0) is 59.3 Å². The van der Waals surface area contributed by atoms with Crippen molar-refractivity contribution in [2.45, 2.75) is 24.5 Å². The second-order valence-electron chi connectivity index (χ2n) is 12.1. The number of hydrogen-bond acceptors (Lipinski definition) is 25. The average Bonchev–Trinajstić information content (AvgIpc) is 3.22. The van der Waals surface area contributed by atoms with Crippen LogP contribution >= 0.6 is 24.1 Å². The number of nitrogens with zero attached hydrogens (tertiary/aromatic N) is 7. The summed E-state index contributed by atoms with van der Waals surface area (Å²) in [6.45, 7) is 0. The number of phenolic OH excluding ortho intramolecular Hbond substituents is 2. The predicted octanol–water partition coefficient (Wildman–Crippen LogP) is 8.74. The molecule has 0 aromatic heterocycles. The van der Waals surface area contributed by atoms with Gasteiger partial charge in [-0.1, -0.05) is 28.3 Å². The van der Waals surface area contributed by atoms with Crippen molar-refractivity contribution in [3.8, 4) is 11.5 Å². The minimum atomic E-state index is -5.24. The molecular weight excluding hydrogens is 961 g/mol. The molecule has 0 aliphatic carbocycles. The molecule has 0 saturated carbocycles. The van der Waals surface area contributed by atoms with Crippen LogP contribution in [0.25, 0.3) is 21.5 Å². The first-order valence-corrected chi connectivity index (χ1v) is 22.2. The van der Waals surface area contributed by atoms with E-state index in [1.165, 1.54) is 30.3 Å². The number of rotatable bonds is 16. The normalized spacial score (nSPS) is 12.7. The van der Waals surface area contributed by atoms with E-state index in [-0.39, 0.29) is 49.4 Å². The standard InChI is InChI=1S/C32H22N8O19S5/c33-27-26-15(9-22(61-59-57-46)28(32(26)42)37-36-20-8-7-17(40(43)44)13-23(20)62(47,48)49)11-24(63(50,51)52)29(27)38-34-16-6-5-14-10-25(64(53,54)55)30(31(41)18(14)12-16)39-35-19-3-1-2-4-21(19)60-58-56-45/h1-13,41-42,45-46H,33H2,(H,47,48,49)(H,50,51,52)(H,53,54,55). The topological polar surface area (TPSA) is 424 Å². The Kier molecular flexibility index (Phi) is 13.8. The number of aromatic hydroxyl groups is 2. The third-order valence-corrected chi connectivity index (χ3v) is 12.2. The number of nitrogens with two attached hydrogens (primary N) is 1. The minimum absolute atomic E-state index is 0.00961. The van der Waals surface area contributed by atoms with E-state index >= 15 is 0 Å².